The van der Waals surface area contributed by atoms with E-state index in [0.717, 1.165) is 30.6 Å². The van der Waals surface area contributed by atoms with Crippen LogP contribution in [-0.2, 0) is 6.54 Å². The van der Waals surface area contributed by atoms with Crippen LogP contribution in [0.2, 0.25) is 0 Å². The van der Waals surface area contributed by atoms with Crippen molar-refractivity contribution in [2.75, 3.05) is 13.2 Å². The first kappa shape index (κ1) is 16.1. The molecule has 2 aromatic carbocycles. The van der Waals surface area contributed by atoms with Gasteiger partial charge in [-0.2, -0.15) is 0 Å². The van der Waals surface area contributed by atoms with Crippen LogP contribution in [0.3, 0.4) is 0 Å². The number of benzene rings is 2. The molecule has 0 spiro atoms. The first-order valence-electron chi connectivity index (χ1n) is 9.27. The summed E-state index contributed by atoms with van der Waals surface area (Å²) in [5.74, 6) is 2.52. The normalized spacial score (nSPS) is 14.9. The fraction of sp³-hybridized carbons (Fsp3) is 0.364. The summed E-state index contributed by atoms with van der Waals surface area (Å²) in [7, 11) is 0. The molecule has 0 atom stereocenters. The smallest absolute Gasteiger partial charge is 0.123 e. The van der Waals surface area contributed by atoms with Gasteiger partial charge in [-0.15, -0.1) is 0 Å². The maximum Gasteiger partial charge on any atom is 0.123 e. The van der Waals surface area contributed by atoms with E-state index in [1.54, 1.807) is 0 Å². The number of ether oxygens (including phenoxy) is 2. The molecule has 1 heterocycles. The predicted molar refractivity (Wildman–Crippen MR) is 101 cm³/mol. The number of hydrogen-bond donors (Lipinski definition) is 0. The molecule has 130 valence electrons. The van der Waals surface area contributed by atoms with Gasteiger partial charge in [0, 0.05) is 18.5 Å². The molecule has 3 heteroatoms. The van der Waals surface area contributed by atoms with E-state index < -0.39 is 0 Å². The van der Waals surface area contributed by atoms with E-state index >= 15 is 0 Å². The molecule has 0 aliphatic heterocycles. The number of aromatic nitrogens is 1. The Labute approximate surface area is 149 Å². The van der Waals surface area contributed by atoms with E-state index in [4.69, 9.17) is 9.47 Å². The van der Waals surface area contributed by atoms with Crippen molar-refractivity contribution < 1.29 is 9.47 Å². The second kappa shape index (κ2) is 7.64. The van der Waals surface area contributed by atoms with Gasteiger partial charge in [-0.05, 0) is 41.7 Å². The first-order chi connectivity index (χ1) is 12.4. The lowest BCUT2D eigenvalue weighted by Crippen LogP contribution is -2.08. The van der Waals surface area contributed by atoms with Gasteiger partial charge in [-0.1, -0.05) is 43.2 Å². The lowest BCUT2D eigenvalue weighted by molar-refractivity contribution is 0.249. The largest absolute Gasteiger partial charge is 0.493 e. The molecule has 1 fully saturated rings. The zero-order valence-corrected chi connectivity index (χ0v) is 14.6. The lowest BCUT2D eigenvalue weighted by Gasteiger charge is -2.13. The molecule has 1 aromatic heterocycles. The molecule has 3 nitrogen and oxygen atoms in total. The second-order valence-electron chi connectivity index (χ2n) is 6.91. The SMILES string of the molecule is c1cc(OCCn2cc3ccccc3c2)cc(OCC2CCCC2)c1. The van der Waals surface area contributed by atoms with Crippen LogP contribution < -0.4 is 9.47 Å². The minimum absolute atomic E-state index is 0.646. The zero-order chi connectivity index (χ0) is 16.9. The first-order valence-corrected chi connectivity index (χ1v) is 9.27. The van der Waals surface area contributed by atoms with Gasteiger partial charge in [-0.3, -0.25) is 0 Å². The summed E-state index contributed by atoms with van der Waals surface area (Å²) < 4.78 is 14.1. The summed E-state index contributed by atoms with van der Waals surface area (Å²) in [6, 6.07) is 16.4. The van der Waals surface area contributed by atoms with Crippen molar-refractivity contribution >= 4 is 10.8 Å². The average molecular weight is 335 g/mol. The molecular weight excluding hydrogens is 310 g/mol. The fourth-order valence-corrected chi connectivity index (χ4v) is 3.58. The van der Waals surface area contributed by atoms with Gasteiger partial charge in [0.05, 0.1) is 13.2 Å². The third kappa shape index (κ3) is 4.16. The van der Waals surface area contributed by atoms with Crippen molar-refractivity contribution in [1.82, 2.24) is 4.57 Å². The molecular formula is C22H25NO2. The maximum atomic E-state index is 5.95. The summed E-state index contributed by atoms with van der Waals surface area (Å²) in [5, 5.41) is 2.54. The van der Waals surface area contributed by atoms with Crippen LogP contribution in [0, 0.1) is 5.92 Å². The summed E-state index contributed by atoms with van der Waals surface area (Å²) >= 11 is 0. The van der Waals surface area contributed by atoms with Gasteiger partial charge in [0.1, 0.15) is 18.1 Å². The van der Waals surface area contributed by atoms with Crippen molar-refractivity contribution in [2.45, 2.75) is 32.2 Å². The van der Waals surface area contributed by atoms with Crippen molar-refractivity contribution in [1.29, 1.82) is 0 Å². The van der Waals surface area contributed by atoms with Crippen molar-refractivity contribution in [3.8, 4) is 11.5 Å². The highest BCUT2D eigenvalue weighted by Gasteiger charge is 2.15. The topological polar surface area (TPSA) is 23.4 Å². The molecule has 0 amide bonds. The molecule has 0 bridgehead atoms. The Bertz CT molecular complexity index is 785. The third-order valence-electron chi connectivity index (χ3n) is 4.99. The van der Waals surface area contributed by atoms with E-state index in [1.807, 2.05) is 24.3 Å². The Kier molecular flexibility index (Phi) is 4.91. The summed E-state index contributed by atoms with van der Waals surface area (Å²) in [4.78, 5) is 0. The lowest BCUT2D eigenvalue weighted by atomic mass is 10.1. The molecule has 0 radical (unpaired) electrons. The minimum Gasteiger partial charge on any atom is -0.493 e. The van der Waals surface area contributed by atoms with Crippen LogP contribution in [0.25, 0.3) is 10.8 Å². The van der Waals surface area contributed by atoms with Gasteiger partial charge >= 0.3 is 0 Å². The van der Waals surface area contributed by atoms with Crippen LogP contribution in [0.5, 0.6) is 11.5 Å². The number of fused-ring (bicyclic) bond motifs is 1. The van der Waals surface area contributed by atoms with Crippen molar-refractivity contribution in [2.24, 2.45) is 5.92 Å². The standard InChI is InChI=1S/C22H25NO2/c1-2-7-18(6-1)17-25-22-11-5-10-21(14-22)24-13-12-23-15-19-8-3-4-9-20(19)16-23/h3-5,8-11,14-16,18H,1-2,6-7,12-13,17H2. The van der Waals surface area contributed by atoms with Gasteiger partial charge in [0.2, 0.25) is 0 Å². The van der Waals surface area contributed by atoms with Crippen LogP contribution in [0.1, 0.15) is 25.7 Å². The van der Waals surface area contributed by atoms with E-state index in [9.17, 15) is 0 Å². The van der Waals surface area contributed by atoms with Crippen LogP contribution in [0.4, 0.5) is 0 Å². The Morgan fingerprint density at radius 3 is 2.24 bits per heavy atom. The van der Waals surface area contributed by atoms with Crippen LogP contribution in [0.15, 0.2) is 60.9 Å². The van der Waals surface area contributed by atoms with Crippen LogP contribution >= 0.6 is 0 Å². The third-order valence-corrected chi connectivity index (χ3v) is 4.99. The number of hydrogen-bond acceptors (Lipinski definition) is 2. The number of nitrogens with zero attached hydrogens (tertiary/aromatic N) is 1. The average Bonchev–Trinajstić information content (AvgIpc) is 3.29. The van der Waals surface area contributed by atoms with Crippen molar-refractivity contribution in [3.63, 3.8) is 0 Å². The zero-order valence-electron chi connectivity index (χ0n) is 14.6. The summed E-state index contributed by atoms with van der Waals surface area (Å²) in [5.41, 5.74) is 0. The van der Waals surface area contributed by atoms with Gasteiger partial charge in [-0.25, -0.2) is 0 Å². The van der Waals surface area contributed by atoms with Crippen LogP contribution in [-0.4, -0.2) is 17.8 Å². The Balaban J connectivity index is 1.29. The van der Waals surface area contributed by atoms with E-state index in [-0.39, 0.29) is 0 Å². The molecule has 1 aliphatic rings. The Morgan fingerprint density at radius 2 is 1.52 bits per heavy atom. The highest BCUT2D eigenvalue weighted by molar-refractivity contribution is 5.82. The highest BCUT2D eigenvalue weighted by Crippen LogP contribution is 2.26. The Morgan fingerprint density at radius 1 is 0.840 bits per heavy atom. The quantitative estimate of drug-likeness (QED) is 0.586. The molecule has 4 rings (SSSR count). The predicted octanol–water partition coefficient (Wildman–Crippen LogP) is 5.29. The second-order valence-corrected chi connectivity index (χ2v) is 6.91. The molecule has 25 heavy (non-hydrogen) atoms. The van der Waals surface area contributed by atoms with E-state index in [2.05, 4.69) is 41.2 Å². The summed E-state index contributed by atoms with van der Waals surface area (Å²) in [6.45, 7) is 2.31. The minimum atomic E-state index is 0.646. The molecule has 3 aromatic rings. The molecule has 0 N–H and O–H groups in total. The monoisotopic (exact) mass is 335 g/mol. The molecule has 0 unspecified atom stereocenters. The molecule has 0 saturated heterocycles. The maximum absolute atomic E-state index is 5.95. The Hall–Kier alpha value is -2.42. The van der Waals surface area contributed by atoms with E-state index in [1.165, 1.54) is 36.5 Å². The summed E-state index contributed by atoms with van der Waals surface area (Å²) in [6.07, 6.45) is 9.65. The fourth-order valence-electron chi connectivity index (χ4n) is 3.58. The highest BCUT2D eigenvalue weighted by atomic mass is 16.5. The molecule has 1 saturated carbocycles. The van der Waals surface area contributed by atoms with Gasteiger partial charge < -0.3 is 14.0 Å². The number of rotatable bonds is 7. The van der Waals surface area contributed by atoms with Gasteiger partial charge in [0.15, 0.2) is 0 Å². The van der Waals surface area contributed by atoms with E-state index in [0.29, 0.717) is 6.61 Å². The molecule has 1 aliphatic carbocycles. The van der Waals surface area contributed by atoms with Gasteiger partial charge in [0.25, 0.3) is 0 Å². The van der Waals surface area contributed by atoms with Crippen molar-refractivity contribution in [3.05, 3.63) is 60.9 Å².